The quantitative estimate of drug-likeness (QED) is 0.539. The lowest BCUT2D eigenvalue weighted by Gasteiger charge is -2.14. The highest BCUT2D eigenvalue weighted by atomic mass is 16.4. The van der Waals surface area contributed by atoms with E-state index >= 15 is 0 Å². The van der Waals surface area contributed by atoms with Crippen molar-refractivity contribution in [2.75, 3.05) is 6.54 Å². The maximum absolute atomic E-state index is 10.6. The number of aromatic nitrogens is 2. The third-order valence-electron chi connectivity index (χ3n) is 2.63. The Balaban J connectivity index is 1.93. The number of imidazole rings is 1. The number of hydrazine groups is 1. The Kier molecular flexibility index (Phi) is 2.98. The van der Waals surface area contributed by atoms with Crippen LogP contribution in [0, 0.1) is 5.92 Å². The van der Waals surface area contributed by atoms with Crippen molar-refractivity contribution in [3.05, 3.63) is 18.2 Å². The molecule has 2 rings (SSSR count). The van der Waals surface area contributed by atoms with Crippen molar-refractivity contribution in [2.45, 2.75) is 18.9 Å². The Labute approximate surface area is 87.1 Å². The molecule has 82 valence electrons. The van der Waals surface area contributed by atoms with Gasteiger partial charge in [-0.3, -0.25) is 15.6 Å². The van der Waals surface area contributed by atoms with Gasteiger partial charge in [-0.25, -0.2) is 4.98 Å². The van der Waals surface area contributed by atoms with Crippen molar-refractivity contribution in [1.29, 1.82) is 0 Å². The van der Waals surface area contributed by atoms with Crippen LogP contribution in [0.15, 0.2) is 12.4 Å². The first-order valence-electron chi connectivity index (χ1n) is 4.94. The molecule has 1 saturated heterocycles. The van der Waals surface area contributed by atoms with Gasteiger partial charge in [0, 0.05) is 31.4 Å². The molecule has 2 heterocycles. The third-order valence-corrected chi connectivity index (χ3v) is 2.63. The van der Waals surface area contributed by atoms with Crippen LogP contribution in [-0.2, 0) is 11.2 Å². The molecule has 1 fully saturated rings. The smallest absolute Gasteiger partial charge is 0.304 e. The Morgan fingerprint density at radius 2 is 2.53 bits per heavy atom. The van der Waals surface area contributed by atoms with Crippen LogP contribution < -0.4 is 10.9 Å². The second kappa shape index (κ2) is 4.41. The molecule has 6 nitrogen and oxygen atoms in total. The molecule has 2 unspecified atom stereocenters. The van der Waals surface area contributed by atoms with Crippen molar-refractivity contribution in [3.8, 4) is 0 Å². The van der Waals surface area contributed by atoms with Gasteiger partial charge < -0.3 is 10.1 Å². The van der Waals surface area contributed by atoms with Gasteiger partial charge in [0.2, 0.25) is 0 Å². The molecule has 15 heavy (non-hydrogen) atoms. The molecule has 0 aromatic carbocycles. The van der Waals surface area contributed by atoms with Crippen LogP contribution in [0.3, 0.4) is 0 Å². The van der Waals surface area contributed by atoms with Gasteiger partial charge in [0.1, 0.15) is 5.82 Å². The van der Waals surface area contributed by atoms with Crippen molar-refractivity contribution in [2.24, 2.45) is 5.92 Å². The number of carboxylic acids is 1. The van der Waals surface area contributed by atoms with Gasteiger partial charge in [0.15, 0.2) is 0 Å². The Morgan fingerprint density at radius 3 is 3.20 bits per heavy atom. The van der Waals surface area contributed by atoms with Crippen molar-refractivity contribution < 1.29 is 9.90 Å². The summed E-state index contributed by atoms with van der Waals surface area (Å²) in [5.41, 5.74) is 5.96. The number of rotatable bonds is 4. The summed E-state index contributed by atoms with van der Waals surface area (Å²) >= 11 is 0. The molecular formula is C9H14N4O2. The van der Waals surface area contributed by atoms with Gasteiger partial charge in [-0.15, -0.1) is 0 Å². The number of carbonyl (C=O) groups is 1. The SMILES string of the molecule is O=C(O)CC1NNCC1Cc1ncc[nH]1. The molecule has 0 spiro atoms. The van der Waals surface area contributed by atoms with E-state index in [1.165, 1.54) is 0 Å². The number of carboxylic acid groups (broad SMARTS) is 1. The van der Waals surface area contributed by atoms with E-state index in [-0.39, 0.29) is 18.4 Å². The summed E-state index contributed by atoms with van der Waals surface area (Å²) in [6.07, 6.45) is 4.39. The summed E-state index contributed by atoms with van der Waals surface area (Å²) in [6.45, 7) is 0.776. The van der Waals surface area contributed by atoms with Crippen molar-refractivity contribution in [3.63, 3.8) is 0 Å². The van der Waals surface area contributed by atoms with E-state index in [0.29, 0.717) is 0 Å². The highest BCUT2D eigenvalue weighted by Gasteiger charge is 2.29. The Bertz CT molecular complexity index is 325. The third kappa shape index (κ3) is 2.54. The van der Waals surface area contributed by atoms with E-state index in [2.05, 4.69) is 20.8 Å². The van der Waals surface area contributed by atoms with Crippen molar-refractivity contribution >= 4 is 5.97 Å². The van der Waals surface area contributed by atoms with Crippen LogP contribution in [0.1, 0.15) is 12.2 Å². The molecule has 1 aliphatic rings. The monoisotopic (exact) mass is 210 g/mol. The van der Waals surface area contributed by atoms with Gasteiger partial charge in [0.25, 0.3) is 0 Å². The van der Waals surface area contributed by atoms with E-state index in [4.69, 9.17) is 5.11 Å². The fraction of sp³-hybridized carbons (Fsp3) is 0.556. The van der Waals surface area contributed by atoms with Crippen molar-refractivity contribution in [1.82, 2.24) is 20.8 Å². The van der Waals surface area contributed by atoms with E-state index in [0.717, 1.165) is 18.8 Å². The lowest BCUT2D eigenvalue weighted by Crippen LogP contribution is -2.34. The van der Waals surface area contributed by atoms with E-state index < -0.39 is 5.97 Å². The topological polar surface area (TPSA) is 90.0 Å². The fourth-order valence-corrected chi connectivity index (χ4v) is 1.86. The van der Waals surface area contributed by atoms with E-state index in [9.17, 15) is 4.79 Å². The second-order valence-corrected chi connectivity index (χ2v) is 3.73. The number of hydrogen-bond donors (Lipinski definition) is 4. The molecule has 0 aliphatic carbocycles. The molecule has 1 aromatic heterocycles. The molecule has 6 heteroatoms. The molecule has 0 amide bonds. The zero-order valence-electron chi connectivity index (χ0n) is 8.23. The lowest BCUT2D eigenvalue weighted by molar-refractivity contribution is -0.137. The first kappa shape index (κ1) is 10.1. The number of nitrogens with zero attached hydrogens (tertiary/aromatic N) is 1. The minimum absolute atomic E-state index is 0.0207. The van der Waals surface area contributed by atoms with E-state index in [1.54, 1.807) is 12.4 Å². The number of H-pyrrole nitrogens is 1. The standard InChI is InChI=1S/C9H14N4O2/c14-9(15)4-7-6(5-12-13-7)3-8-10-1-2-11-8/h1-2,6-7,12-13H,3-5H2,(H,10,11)(H,14,15). The Morgan fingerprint density at radius 1 is 1.67 bits per heavy atom. The fourth-order valence-electron chi connectivity index (χ4n) is 1.86. The maximum atomic E-state index is 10.6. The van der Waals surface area contributed by atoms with Crippen LogP contribution >= 0.6 is 0 Å². The van der Waals surface area contributed by atoms with Crippen LogP contribution in [0.4, 0.5) is 0 Å². The van der Waals surface area contributed by atoms with Crippen LogP contribution in [0.5, 0.6) is 0 Å². The normalized spacial score (nSPS) is 25.6. The molecule has 1 aliphatic heterocycles. The molecule has 0 bridgehead atoms. The second-order valence-electron chi connectivity index (χ2n) is 3.73. The first-order chi connectivity index (χ1) is 7.25. The van der Waals surface area contributed by atoms with Gasteiger partial charge >= 0.3 is 5.97 Å². The average Bonchev–Trinajstić information content (AvgIpc) is 2.78. The molecule has 0 saturated carbocycles. The predicted octanol–water partition coefficient (Wildman–Crippen LogP) is -0.481. The van der Waals surface area contributed by atoms with Crippen LogP contribution in [0.25, 0.3) is 0 Å². The van der Waals surface area contributed by atoms with E-state index in [1.807, 2.05) is 0 Å². The molecule has 0 radical (unpaired) electrons. The zero-order chi connectivity index (χ0) is 10.7. The Hall–Kier alpha value is -1.40. The average molecular weight is 210 g/mol. The largest absolute Gasteiger partial charge is 0.481 e. The van der Waals surface area contributed by atoms with Gasteiger partial charge in [-0.1, -0.05) is 0 Å². The number of hydrogen-bond acceptors (Lipinski definition) is 4. The lowest BCUT2D eigenvalue weighted by atomic mass is 9.95. The highest BCUT2D eigenvalue weighted by molar-refractivity contribution is 5.67. The zero-order valence-corrected chi connectivity index (χ0v) is 8.23. The number of aliphatic carboxylic acids is 1. The highest BCUT2D eigenvalue weighted by Crippen LogP contribution is 2.15. The molecule has 1 aromatic rings. The first-order valence-corrected chi connectivity index (χ1v) is 4.94. The van der Waals surface area contributed by atoms with Gasteiger partial charge in [0.05, 0.1) is 6.42 Å². The number of nitrogens with one attached hydrogen (secondary N) is 3. The molecule has 4 N–H and O–H groups in total. The maximum Gasteiger partial charge on any atom is 0.304 e. The summed E-state index contributed by atoms with van der Waals surface area (Å²) in [4.78, 5) is 17.8. The summed E-state index contributed by atoms with van der Waals surface area (Å²) in [7, 11) is 0. The molecule has 2 atom stereocenters. The molecular weight excluding hydrogens is 196 g/mol. The summed E-state index contributed by atoms with van der Waals surface area (Å²) in [5.74, 6) is 0.397. The summed E-state index contributed by atoms with van der Waals surface area (Å²) in [5, 5.41) is 8.73. The van der Waals surface area contributed by atoms with Gasteiger partial charge in [-0.2, -0.15) is 0 Å². The minimum atomic E-state index is -0.777. The van der Waals surface area contributed by atoms with Crippen LogP contribution in [0.2, 0.25) is 0 Å². The van der Waals surface area contributed by atoms with Crippen LogP contribution in [-0.4, -0.2) is 33.6 Å². The minimum Gasteiger partial charge on any atom is -0.481 e. The summed E-state index contributed by atoms with van der Waals surface area (Å²) < 4.78 is 0. The summed E-state index contributed by atoms with van der Waals surface area (Å²) in [6, 6.07) is -0.0207. The van der Waals surface area contributed by atoms with Gasteiger partial charge in [-0.05, 0) is 5.92 Å². The predicted molar refractivity (Wildman–Crippen MR) is 53.0 cm³/mol. The number of aromatic amines is 1.